The lowest BCUT2D eigenvalue weighted by molar-refractivity contribution is 0.0600. The Hall–Kier alpha value is -2.96. The number of methoxy groups -OCH3 is 1. The average molecular weight is 326 g/mol. The first-order chi connectivity index (χ1) is 11.7. The van der Waals surface area contributed by atoms with Gasteiger partial charge >= 0.3 is 5.97 Å². The maximum Gasteiger partial charge on any atom is 0.339 e. The molecule has 1 saturated heterocycles. The smallest absolute Gasteiger partial charge is 0.339 e. The molecule has 1 fully saturated rings. The van der Waals surface area contributed by atoms with Crippen LogP contribution in [-0.4, -0.2) is 42.0 Å². The highest BCUT2D eigenvalue weighted by molar-refractivity contribution is 6.03. The predicted octanol–water partition coefficient (Wildman–Crippen LogP) is 2.12. The van der Waals surface area contributed by atoms with Gasteiger partial charge in [0.2, 0.25) is 0 Å². The maximum atomic E-state index is 12.2. The van der Waals surface area contributed by atoms with Crippen molar-refractivity contribution in [2.45, 2.75) is 12.8 Å². The topological polar surface area (TPSA) is 84.4 Å². The highest BCUT2D eigenvalue weighted by Crippen LogP contribution is 2.19. The Morgan fingerprint density at radius 3 is 2.46 bits per heavy atom. The third kappa shape index (κ3) is 3.51. The number of anilines is 2. The second-order valence-corrected chi connectivity index (χ2v) is 5.48. The number of esters is 1. The largest absolute Gasteiger partial charge is 0.465 e. The van der Waals surface area contributed by atoms with E-state index >= 15 is 0 Å². The number of rotatable bonds is 4. The van der Waals surface area contributed by atoms with E-state index in [-0.39, 0.29) is 11.6 Å². The van der Waals surface area contributed by atoms with Gasteiger partial charge in [0.15, 0.2) is 0 Å². The van der Waals surface area contributed by atoms with Gasteiger partial charge in [0.05, 0.1) is 24.6 Å². The molecule has 0 unspecified atom stereocenters. The number of hydrogen-bond donors (Lipinski definition) is 1. The zero-order valence-electron chi connectivity index (χ0n) is 13.4. The van der Waals surface area contributed by atoms with Gasteiger partial charge in [0.1, 0.15) is 11.5 Å². The Balaban J connectivity index is 1.64. The Morgan fingerprint density at radius 2 is 1.88 bits per heavy atom. The molecule has 2 aromatic heterocycles. The third-order valence-electron chi connectivity index (χ3n) is 3.85. The summed E-state index contributed by atoms with van der Waals surface area (Å²) in [7, 11) is 1.29. The van der Waals surface area contributed by atoms with E-state index in [4.69, 9.17) is 0 Å². The van der Waals surface area contributed by atoms with Crippen LogP contribution in [-0.2, 0) is 4.74 Å². The molecule has 1 aliphatic rings. The minimum Gasteiger partial charge on any atom is -0.465 e. The van der Waals surface area contributed by atoms with Gasteiger partial charge in [-0.1, -0.05) is 0 Å². The Labute approximate surface area is 139 Å². The van der Waals surface area contributed by atoms with Crippen LogP contribution in [0.2, 0.25) is 0 Å². The molecular weight excluding hydrogens is 308 g/mol. The minimum absolute atomic E-state index is 0.214. The van der Waals surface area contributed by atoms with Crippen LogP contribution in [0.4, 0.5) is 11.5 Å². The summed E-state index contributed by atoms with van der Waals surface area (Å²) < 4.78 is 4.59. The summed E-state index contributed by atoms with van der Waals surface area (Å²) in [4.78, 5) is 34.1. The number of nitrogens with zero attached hydrogens (tertiary/aromatic N) is 3. The first-order valence-corrected chi connectivity index (χ1v) is 7.74. The predicted molar refractivity (Wildman–Crippen MR) is 89.2 cm³/mol. The minimum atomic E-state index is -0.490. The van der Waals surface area contributed by atoms with Crippen LogP contribution in [0.3, 0.4) is 0 Å². The lowest BCUT2D eigenvalue weighted by Crippen LogP contribution is -2.19. The van der Waals surface area contributed by atoms with Gasteiger partial charge in [-0.3, -0.25) is 9.78 Å². The summed E-state index contributed by atoms with van der Waals surface area (Å²) in [6.45, 7) is 2.05. The second-order valence-electron chi connectivity index (χ2n) is 5.48. The lowest BCUT2D eigenvalue weighted by atomic mass is 10.2. The summed E-state index contributed by atoms with van der Waals surface area (Å²) in [5, 5.41) is 2.74. The van der Waals surface area contributed by atoms with E-state index in [1.54, 1.807) is 6.20 Å². The number of aromatic nitrogens is 2. The van der Waals surface area contributed by atoms with Gasteiger partial charge in [-0.15, -0.1) is 0 Å². The number of ether oxygens (including phenoxy) is 1. The van der Waals surface area contributed by atoms with Crippen LogP contribution in [0, 0.1) is 0 Å². The molecule has 7 heteroatoms. The summed E-state index contributed by atoms with van der Waals surface area (Å²) in [5.74, 6) is 0.0735. The third-order valence-corrected chi connectivity index (χ3v) is 3.85. The quantitative estimate of drug-likeness (QED) is 0.866. The van der Waals surface area contributed by atoms with E-state index in [1.165, 1.54) is 38.3 Å². The molecule has 0 aliphatic carbocycles. The molecule has 0 radical (unpaired) electrons. The summed E-state index contributed by atoms with van der Waals surface area (Å²) >= 11 is 0. The number of pyridine rings is 2. The fraction of sp³-hybridized carbons (Fsp3) is 0.294. The number of carbonyl (C=O) groups excluding carboxylic acids is 2. The molecule has 2 aromatic rings. The molecule has 3 rings (SSSR count). The molecule has 3 heterocycles. The first kappa shape index (κ1) is 15.9. The van der Waals surface area contributed by atoms with E-state index in [9.17, 15) is 9.59 Å². The van der Waals surface area contributed by atoms with Crippen LogP contribution in [0.5, 0.6) is 0 Å². The van der Waals surface area contributed by atoms with Gasteiger partial charge in [-0.05, 0) is 37.1 Å². The SMILES string of the molecule is COC(=O)c1ccc(C(=O)Nc2ccc(N3CCCC3)nc2)nc1. The van der Waals surface area contributed by atoms with Gasteiger partial charge in [0.25, 0.3) is 5.91 Å². The maximum absolute atomic E-state index is 12.2. The van der Waals surface area contributed by atoms with Crippen molar-refractivity contribution >= 4 is 23.4 Å². The molecule has 7 nitrogen and oxygen atoms in total. The summed E-state index contributed by atoms with van der Waals surface area (Å²) in [6, 6.07) is 6.70. The van der Waals surface area contributed by atoms with Crippen molar-refractivity contribution in [3.8, 4) is 0 Å². The zero-order chi connectivity index (χ0) is 16.9. The van der Waals surface area contributed by atoms with Crippen molar-refractivity contribution in [1.29, 1.82) is 0 Å². The van der Waals surface area contributed by atoms with Gasteiger partial charge in [-0.25, -0.2) is 9.78 Å². The summed E-state index contributed by atoms with van der Waals surface area (Å²) in [6.07, 6.45) is 5.32. The van der Waals surface area contributed by atoms with Crippen molar-refractivity contribution in [2.24, 2.45) is 0 Å². The molecule has 124 valence electrons. The number of hydrogen-bond acceptors (Lipinski definition) is 6. The molecule has 0 bridgehead atoms. The van der Waals surface area contributed by atoms with Crippen molar-refractivity contribution < 1.29 is 14.3 Å². The average Bonchev–Trinajstić information content (AvgIpc) is 3.16. The lowest BCUT2D eigenvalue weighted by Gasteiger charge is -2.16. The van der Waals surface area contributed by atoms with Crippen LogP contribution in [0.15, 0.2) is 36.7 Å². The fourth-order valence-electron chi connectivity index (χ4n) is 2.56. The second kappa shape index (κ2) is 7.08. The fourth-order valence-corrected chi connectivity index (χ4v) is 2.56. The van der Waals surface area contributed by atoms with E-state index in [0.717, 1.165) is 18.9 Å². The summed E-state index contributed by atoms with van der Waals surface area (Å²) in [5.41, 5.74) is 1.11. The standard InChI is InChI=1S/C17H18N4O3/c1-24-17(23)12-4-6-14(18-10-12)16(22)20-13-5-7-15(19-11-13)21-8-2-3-9-21/h4-7,10-11H,2-3,8-9H2,1H3,(H,20,22). The zero-order valence-corrected chi connectivity index (χ0v) is 13.4. The Morgan fingerprint density at radius 1 is 1.08 bits per heavy atom. The molecular formula is C17H18N4O3. The molecule has 0 spiro atoms. The van der Waals surface area contributed by atoms with E-state index < -0.39 is 5.97 Å². The molecule has 1 aliphatic heterocycles. The normalized spacial score (nSPS) is 13.6. The van der Waals surface area contributed by atoms with Crippen LogP contribution in [0.25, 0.3) is 0 Å². The van der Waals surface area contributed by atoms with Gasteiger partial charge < -0.3 is 15.0 Å². The van der Waals surface area contributed by atoms with Crippen molar-refractivity contribution in [2.75, 3.05) is 30.4 Å². The monoisotopic (exact) mass is 326 g/mol. The number of nitrogens with one attached hydrogen (secondary N) is 1. The van der Waals surface area contributed by atoms with E-state index in [2.05, 4.69) is 24.9 Å². The van der Waals surface area contributed by atoms with Crippen LogP contribution >= 0.6 is 0 Å². The number of carbonyl (C=O) groups is 2. The van der Waals surface area contributed by atoms with Crippen LogP contribution in [0.1, 0.15) is 33.7 Å². The molecule has 0 saturated carbocycles. The van der Waals surface area contributed by atoms with E-state index in [0.29, 0.717) is 11.3 Å². The van der Waals surface area contributed by atoms with Crippen molar-refractivity contribution in [1.82, 2.24) is 9.97 Å². The molecule has 0 aromatic carbocycles. The van der Waals surface area contributed by atoms with E-state index in [1.807, 2.05) is 12.1 Å². The Kier molecular flexibility index (Phi) is 4.69. The van der Waals surface area contributed by atoms with Gasteiger partial charge in [-0.2, -0.15) is 0 Å². The van der Waals surface area contributed by atoms with Crippen molar-refractivity contribution in [3.05, 3.63) is 47.9 Å². The van der Waals surface area contributed by atoms with Crippen LogP contribution < -0.4 is 10.2 Å². The molecule has 0 atom stereocenters. The Bertz CT molecular complexity index is 723. The van der Waals surface area contributed by atoms with Crippen molar-refractivity contribution in [3.63, 3.8) is 0 Å². The molecule has 1 N–H and O–H groups in total. The van der Waals surface area contributed by atoms with Gasteiger partial charge in [0, 0.05) is 19.3 Å². The highest BCUT2D eigenvalue weighted by atomic mass is 16.5. The number of amides is 1. The highest BCUT2D eigenvalue weighted by Gasteiger charge is 2.14. The molecule has 24 heavy (non-hydrogen) atoms. The first-order valence-electron chi connectivity index (χ1n) is 7.74. The molecule has 1 amide bonds.